The van der Waals surface area contributed by atoms with Crippen LogP contribution in [-0.2, 0) is 10.0 Å². The van der Waals surface area contributed by atoms with E-state index in [1.807, 2.05) is 54.6 Å². The number of sulfonamides is 1. The Bertz CT molecular complexity index is 1110. The minimum atomic E-state index is -3.81. The molecule has 8 heteroatoms. The molecular formula is C20H17N5O2S. The first-order valence-electron chi connectivity index (χ1n) is 8.40. The quantitative estimate of drug-likeness (QED) is 0.212. The minimum Gasteiger partial charge on any atom is -0.200 e. The molecule has 0 atom stereocenters. The van der Waals surface area contributed by atoms with Crippen molar-refractivity contribution in [3.63, 3.8) is 0 Å². The maximum Gasteiger partial charge on any atom is 0.276 e. The van der Waals surface area contributed by atoms with Crippen LogP contribution in [0.5, 0.6) is 0 Å². The maximum absolute atomic E-state index is 12.4. The van der Waals surface area contributed by atoms with Crippen LogP contribution in [0.1, 0.15) is 5.56 Å². The summed E-state index contributed by atoms with van der Waals surface area (Å²) in [4.78, 5) is 5.04. The van der Waals surface area contributed by atoms with Crippen LogP contribution >= 0.6 is 0 Å². The molecule has 0 heterocycles. The van der Waals surface area contributed by atoms with E-state index in [4.69, 9.17) is 5.53 Å². The molecule has 7 nitrogen and oxygen atoms in total. The van der Waals surface area contributed by atoms with Crippen molar-refractivity contribution >= 4 is 15.7 Å². The van der Waals surface area contributed by atoms with E-state index in [0.29, 0.717) is 11.3 Å². The molecule has 3 aromatic carbocycles. The molecule has 0 aliphatic rings. The lowest BCUT2D eigenvalue weighted by Crippen LogP contribution is -2.21. The van der Waals surface area contributed by atoms with Gasteiger partial charge in [-0.15, -0.1) is 0 Å². The molecule has 140 valence electrons. The molecule has 3 aromatic rings. The fourth-order valence-electron chi connectivity index (χ4n) is 2.54. The lowest BCUT2D eigenvalue weighted by molar-refractivity contribution is 0.584. The zero-order valence-corrected chi connectivity index (χ0v) is 15.6. The summed E-state index contributed by atoms with van der Waals surface area (Å²) < 4.78 is 24.7. The molecule has 1 N–H and O–H groups in total. The minimum absolute atomic E-state index is 0.0848. The number of nitrogens with zero attached hydrogens (tertiary/aromatic N) is 4. The molecule has 0 amide bonds. The highest BCUT2D eigenvalue weighted by Crippen LogP contribution is 2.19. The van der Waals surface area contributed by atoms with Crippen LogP contribution in [0.3, 0.4) is 0 Å². The van der Waals surface area contributed by atoms with Crippen molar-refractivity contribution in [1.82, 2.24) is 4.83 Å². The summed E-state index contributed by atoms with van der Waals surface area (Å²) in [5.41, 5.74) is 11.7. The molecule has 0 saturated carbocycles. The van der Waals surface area contributed by atoms with Crippen molar-refractivity contribution in [2.24, 2.45) is 10.2 Å². The highest BCUT2D eigenvalue weighted by Gasteiger charge is 2.13. The molecule has 0 unspecified atom stereocenters. The number of nitrogens with one attached hydrogen (secondary N) is 1. The zero-order valence-electron chi connectivity index (χ0n) is 14.8. The highest BCUT2D eigenvalue weighted by atomic mass is 32.2. The van der Waals surface area contributed by atoms with Crippen LogP contribution < -0.4 is 4.83 Å². The number of azide groups is 1. The van der Waals surface area contributed by atoms with Gasteiger partial charge in [0.25, 0.3) is 10.0 Å². The summed E-state index contributed by atoms with van der Waals surface area (Å²) in [7, 11) is -3.81. The third-order valence-electron chi connectivity index (χ3n) is 3.96. The van der Waals surface area contributed by atoms with Gasteiger partial charge in [-0.05, 0) is 34.4 Å². The number of hydrogen-bond acceptors (Lipinski definition) is 4. The van der Waals surface area contributed by atoms with Gasteiger partial charge in [0.1, 0.15) is 0 Å². The average molecular weight is 391 g/mol. The first-order valence-corrected chi connectivity index (χ1v) is 9.88. The van der Waals surface area contributed by atoms with Gasteiger partial charge in [0.05, 0.1) is 17.2 Å². The molecule has 0 spiro atoms. The summed E-state index contributed by atoms with van der Waals surface area (Å²) in [5, 5.41) is 7.51. The molecule has 3 rings (SSSR count). The summed E-state index contributed by atoms with van der Waals surface area (Å²) in [6.45, 7) is -0.0848. The van der Waals surface area contributed by atoms with Gasteiger partial charge in [-0.25, -0.2) is 0 Å². The fraction of sp³-hybridized carbons (Fsp3) is 0.0500. The van der Waals surface area contributed by atoms with E-state index in [0.717, 1.165) is 11.1 Å². The van der Waals surface area contributed by atoms with E-state index in [1.165, 1.54) is 12.1 Å². The molecule has 0 aromatic heterocycles. The Morgan fingerprint density at radius 1 is 0.857 bits per heavy atom. The van der Waals surface area contributed by atoms with Crippen LogP contribution in [0.25, 0.3) is 21.6 Å². The molecule has 0 fully saturated rings. The monoisotopic (exact) mass is 391 g/mol. The second-order valence-electron chi connectivity index (χ2n) is 5.80. The molecular weight excluding hydrogens is 374 g/mol. The van der Waals surface area contributed by atoms with Crippen molar-refractivity contribution in [2.45, 2.75) is 4.90 Å². The molecule has 0 bridgehead atoms. The Kier molecular flexibility index (Phi) is 6.06. The number of rotatable bonds is 7. The van der Waals surface area contributed by atoms with E-state index in [9.17, 15) is 8.42 Å². The number of benzene rings is 3. The van der Waals surface area contributed by atoms with Crippen molar-refractivity contribution < 1.29 is 8.42 Å². The Morgan fingerprint density at radius 2 is 1.43 bits per heavy atom. The van der Waals surface area contributed by atoms with E-state index in [1.54, 1.807) is 18.2 Å². The van der Waals surface area contributed by atoms with Gasteiger partial charge >= 0.3 is 0 Å². The van der Waals surface area contributed by atoms with Crippen molar-refractivity contribution in [3.8, 4) is 11.1 Å². The lowest BCUT2D eigenvalue weighted by Gasteiger charge is -2.08. The zero-order chi connectivity index (χ0) is 19.8. The summed E-state index contributed by atoms with van der Waals surface area (Å²) in [6, 6.07) is 25.2. The first kappa shape index (κ1) is 19.2. The van der Waals surface area contributed by atoms with Crippen molar-refractivity contribution in [2.75, 3.05) is 6.54 Å². The standard InChI is InChI=1S/C20H17N5O2S/c21-24-22-15-20(23-25-28(26,27)19-9-5-2-6-10-19)18-13-11-17(12-14-18)16-7-3-1-4-8-16/h1-14,25H,15H2/b23-20+. The second-order valence-corrected chi connectivity index (χ2v) is 7.46. The Balaban J connectivity index is 1.87. The normalized spacial score (nSPS) is 11.5. The molecule has 0 aliphatic carbocycles. The van der Waals surface area contributed by atoms with E-state index < -0.39 is 10.0 Å². The van der Waals surface area contributed by atoms with Gasteiger partial charge in [0.15, 0.2) is 0 Å². The smallest absolute Gasteiger partial charge is 0.200 e. The summed E-state index contributed by atoms with van der Waals surface area (Å²) in [5.74, 6) is 0. The molecule has 0 aliphatic heterocycles. The van der Waals surface area contributed by atoms with Gasteiger partial charge in [-0.2, -0.15) is 18.4 Å². The van der Waals surface area contributed by atoms with Gasteiger partial charge in [0.2, 0.25) is 0 Å². The predicted octanol–water partition coefficient (Wildman–Crippen LogP) is 4.35. The Hall–Kier alpha value is -3.61. The number of hydrogen-bond donors (Lipinski definition) is 1. The van der Waals surface area contributed by atoms with Crippen molar-refractivity contribution in [1.29, 1.82) is 0 Å². The second kappa shape index (κ2) is 8.85. The van der Waals surface area contributed by atoms with Gasteiger partial charge in [0, 0.05) is 4.91 Å². The van der Waals surface area contributed by atoms with E-state index >= 15 is 0 Å². The first-order chi connectivity index (χ1) is 13.6. The largest absolute Gasteiger partial charge is 0.276 e. The summed E-state index contributed by atoms with van der Waals surface area (Å²) in [6.07, 6.45) is 0. The molecule has 0 radical (unpaired) electrons. The van der Waals surface area contributed by atoms with Crippen LogP contribution in [0.2, 0.25) is 0 Å². The van der Waals surface area contributed by atoms with E-state index in [-0.39, 0.29) is 11.4 Å². The van der Waals surface area contributed by atoms with Crippen LogP contribution in [0.15, 0.2) is 100 Å². The topological polar surface area (TPSA) is 107 Å². The van der Waals surface area contributed by atoms with E-state index in [2.05, 4.69) is 20.0 Å². The van der Waals surface area contributed by atoms with Gasteiger partial charge in [-0.1, -0.05) is 77.9 Å². The maximum atomic E-state index is 12.4. The highest BCUT2D eigenvalue weighted by molar-refractivity contribution is 7.89. The SMILES string of the molecule is [N-]=[N+]=NC/C(=N\NS(=O)(=O)c1ccccc1)c1ccc(-c2ccccc2)cc1. The van der Waals surface area contributed by atoms with Gasteiger partial charge in [-0.3, -0.25) is 0 Å². The molecule has 0 saturated heterocycles. The number of hydrazone groups is 1. The Morgan fingerprint density at radius 3 is 2.04 bits per heavy atom. The predicted molar refractivity (Wildman–Crippen MR) is 109 cm³/mol. The van der Waals surface area contributed by atoms with Crippen molar-refractivity contribution in [3.05, 3.63) is 101 Å². The molecule has 28 heavy (non-hydrogen) atoms. The third kappa shape index (κ3) is 4.76. The Labute approximate surface area is 163 Å². The lowest BCUT2D eigenvalue weighted by atomic mass is 10.0. The third-order valence-corrected chi connectivity index (χ3v) is 5.19. The summed E-state index contributed by atoms with van der Waals surface area (Å²) >= 11 is 0. The average Bonchev–Trinajstić information content (AvgIpc) is 2.75. The van der Waals surface area contributed by atoms with Crippen LogP contribution in [0, 0.1) is 0 Å². The fourth-order valence-corrected chi connectivity index (χ4v) is 3.39. The van der Waals surface area contributed by atoms with Crippen LogP contribution in [-0.4, -0.2) is 20.7 Å². The van der Waals surface area contributed by atoms with Crippen LogP contribution in [0.4, 0.5) is 0 Å². The van der Waals surface area contributed by atoms with Gasteiger partial charge < -0.3 is 0 Å².